The average molecular weight is 330 g/mol. The van der Waals surface area contributed by atoms with Gasteiger partial charge in [-0.25, -0.2) is 15.1 Å². The van der Waals surface area contributed by atoms with E-state index in [0.29, 0.717) is 19.4 Å². The highest BCUT2D eigenvalue weighted by Gasteiger charge is 2.12. The van der Waals surface area contributed by atoms with Crippen LogP contribution >= 0.6 is 0 Å². The van der Waals surface area contributed by atoms with Crippen LogP contribution in [-0.2, 0) is 4.79 Å². The van der Waals surface area contributed by atoms with E-state index in [1.165, 1.54) is 25.7 Å². The van der Waals surface area contributed by atoms with Crippen molar-refractivity contribution >= 4 is 11.9 Å². The maximum atomic E-state index is 11.8. The monoisotopic (exact) mass is 330 g/mol. The minimum Gasteiger partial charge on any atom is -0.365 e. The van der Waals surface area contributed by atoms with E-state index in [4.69, 9.17) is 11.5 Å². The maximum Gasteiger partial charge on any atom is 0.251 e. The van der Waals surface area contributed by atoms with Gasteiger partial charge in [0.1, 0.15) is 0 Å². The molecule has 0 aromatic carbocycles. The zero-order valence-corrected chi connectivity index (χ0v) is 13.9. The number of guanidine groups is 1. The van der Waals surface area contributed by atoms with Crippen LogP contribution in [0.15, 0.2) is 4.99 Å². The summed E-state index contributed by atoms with van der Waals surface area (Å²) in [4.78, 5) is 25.6. The van der Waals surface area contributed by atoms with Gasteiger partial charge in [-0.1, -0.05) is 44.5 Å². The lowest BCUT2D eigenvalue weighted by atomic mass is 10.1. The Balaban J connectivity index is 3.64. The summed E-state index contributed by atoms with van der Waals surface area (Å²) in [6.45, 7) is 3.11. The molecule has 0 bridgehead atoms. The van der Waals surface area contributed by atoms with Crippen LogP contribution in [0.1, 0.15) is 58.3 Å². The van der Waals surface area contributed by atoms with Crippen molar-refractivity contribution in [3.63, 3.8) is 0 Å². The van der Waals surface area contributed by atoms with Gasteiger partial charge in [-0.05, 0) is 19.3 Å². The smallest absolute Gasteiger partial charge is 0.251 e. The molecule has 0 aliphatic carbocycles. The van der Waals surface area contributed by atoms with Gasteiger partial charge < -0.3 is 16.8 Å². The van der Waals surface area contributed by atoms with Crippen molar-refractivity contribution in [2.75, 3.05) is 13.1 Å². The molecule has 0 radical (unpaired) electrons. The van der Waals surface area contributed by atoms with Crippen LogP contribution in [-0.4, -0.2) is 36.0 Å². The molecule has 134 valence electrons. The molecule has 1 atom stereocenters. The lowest BCUT2D eigenvalue weighted by Gasteiger charge is -2.11. The Morgan fingerprint density at radius 2 is 1.87 bits per heavy atom. The number of hydrogen-bond donors (Lipinski definition) is 4. The van der Waals surface area contributed by atoms with Crippen molar-refractivity contribution in [2.24, 2.45) is 16.5 Å². The van der Waals surface area contributed by atoms with Gasteiger partial charge in [0, 0.05) is 13.1 Å². The molecule has 0 spiro atoms. The fourth-order valence-electron chi connectivity index (χ4n) is 2.02. The fraction of sp³-hybridized carbons (Fsp3) is 0.857. The predicted octanol–water partition coefficient (Wildman–Crippen LogP) is 0.667. The number of nitrogens with two attached hydrogens (primary N) is 2. The fourth-order valence-corrected chi connectivity index (χ4v) is 2.02. The van der Waals surface area contributed by atoms with E-state index in [0.717, 1.165) is 12.8 Å². The lowest BCUT2D eigenvalue weighted by Crippen LogP contribution is -2.41. The van der Waals surface area contributed by atoms with Gasteiger partial charge in [0.15, 0.2) is 5.03 Å². The second-order valence-corrected chi connectivity index (χ2v) is 5.44. The molecule has 0 aliphatic heterocycles. The third kappa shape index (κ3) is 13.5. The lowest BCUT2D eigenvalue weighted by molar-refractivity contribution is -0.525. The van der Waals surface area contributed by atoms with Crippen LogP contribution in [0.2, 0.25) is 0 Å². The number of hydrogen-bond acceptors (Lipinski definition) is 5. The highest BCUT2D eigenvalue weighted by molar-refractivity contribution is 5.81. The molecule has 0 saturated heterocycles. The standard InChI is InChI=1S/C14H30N6O3/c1-2-3-4-5-6-7-10-17-13(21)12(15)9-8-11-18-14(16)19-20(22)23/h12H,2-11,15H2,1H3,(H,17,21)(H3,16,18,19). The van der Waals surface area contributed by atoms with Crippen LogP contribution < -0.4 is 22.2 Å². The topological polar surface area (TPSA) is 149 Å². The average Bonchev–Trinajstić information content (AvgIpc) is 2.49. The summed E-state index contributed by atoms with van der Waals surface area (Å²) < 4.78 is 0. The summed E-state index contributed by atoms with van der Waals surface area (Å²) in [6.07, 6.45) is 8.02. The molecule has 1 amide bonds. The first-order valence-electron chi connectivity index (χ1n) is 8.21. The Kier molecular flexibility index (Phi) is 12.6. The summed E-state index contributed by atoms with van der Waals surface area (Å²) in [6, 6.07) is -0.588. The Morgan fingerprint density at radius 3 is 2.52 bits per heavy atom. The molecule has 6 N–H and O–H groups in total. The molecule has 0 fully saturated rings. The molecule has 23 heavy (non-hydrogen) atoms. The zero-order valence-electron chi connectivity index (χ0n) is 13.9. The zero-order chi connectivity index (χ0) is 17.5. The van der Waals surface area contributed by atoms with Crippen molar-refractivity contribution in [1.29, 1.82) is 0 Å². The van der Waals surface area contributed by atoms with Gasteiger partial charge in [0.25, 0.3) is 5.96 Å². The van der Waals surface area contributed by atoms with E-state index in [9.17, 15) is 14.9 Å². The summed E-state index contributed by atoms with van der Waals surface area (Å²) >= 11 is 0. The minimum absolute atomic E-state index is 0.168. The quantitative estimate of drug-likeness (QED) is 0.128. The third-order valence-electron chi connectivity index (χ3n) is 3.33. The van der Waals surface area contributed by atoms with Gasteiger partial charge in [-0.15, -0.1) is 0 Å². The van der Waals surface area contributed by atoms with Gasteiger partial charge in [0.05, 0.1) is 6.04 Å². The van der Waals surface area contributed by atoms with E-state index in [2.05, 4.69) is 17.2 Å². The largest absolute Gasteiger partial charge is 0.365 e. The Morgan fingerprint density at radius 1 is 1.22 bits per heavy atom. The Labute approximate surface area is 137 Å². The number of nitro groups is 1. The van der Waals surface area contributed by atoms with Crippen molar-refractivity contribution < 1.29 is 9.83 Å². The summed E-state index contributed by atoms with van der Waals surface area (Å²) in [7, 11) is 0. The molecule has 0 heterocycles. The normalized spacial score (nSPS) is 12.7. The number of unbranched alkanes of at least 4 members (excludes halogenated alkanes) is 5. The number of rotatable bonds is 13. The highest BCUT2D eigenvalue weighted by atomic mass is 16.7. The number of amides is 1. The van der Waals surface area contributed by atoms with Gasteiger partial charge in [-0.3, -0.25) is 4.79 Å². The highest BCUT2D eigenvalue weighted by Crippen LogP contribution is 2.04. The van der Waals surface area contributed by atoms with Crippen molar-refractivity contribution in [2.45, 2.75) is 64.3 Å². The molecule has 1 unspecified atom stereocenters. The third-order valence-corrected chi connectivity index (χ3v) is 3.33. The summed E-state index contributed by atoms with van der Waals surface area (Å²) in [5, 5.41) is 12.1. The van der Waals surface area contributed by atoms with Crippen LogP contribution in [0, 0.1) is 10.1 Å². The number of nitrogens with zero attached hydrogens (tertiary/aromatic N) is 2. The van der Waals surface area contributed by atoms with E-state index in [-0.39, 0.29) is 18.4 Å². The van der Waals surface area contributed by atoms with Gasteiger partial charge in [0.2, 0.25) is 5.91 Å². The molecule has 0 aliphatic rings. The molecule has 0 saturated carbocycles. The molecule has 9 heteroatoms. The number of aliphatic imine (C=N–C) groups is 1. The Hall–Kier alpha value is -1.90. The molecule has 0 aromatic rings. The number of nitrogens with one attached hydrogen (secondary N) is 2. The van der Waals surface area contributed by atoms with E-state index in [1.54, 1.807) is 5.43 Å². The summed E-state index contributed by atoms with van der Waals surface area (Å²) in [5.74, 6) is -0.421. The molecule has 0 rings (SSSR count). The van der Waals surface area contributed by atoms with Crippen LogP contribution in [0.3, 0.4) is 0 Å². The van der Waals surface area contributed by atoms with Crippen molar-refractivity contribution in [3.05, 3.63) is 10.1 Å². The minimum atomic E-state index is -0.778. The van der Waals surface area contributed by atoms with E-state index in [1.807, 2.05) is 0 Å². The first kappa shape index (κ1) is 21.1. The second kappa shape index (κ2) is 13.7. The number of carbonyl (C=O) groups excluding carboxylic acids is 1. The second-order valence-electron chi connectivity index (χ2n) is 5.44. The van der Waals surface area contributed by atoms with Crippen molar-refractivity contribution in [1.82, 2.24) is 10.7 Å². The molecule has 9 nitrogen and oxygen atoms in total. The number of hydrazine groups is 1. The van der Waals surface area contributed by atoms with Crippen LogP contribution in [0.5, 0.6) is 0 Å². The van der Waals surface area contributed by atoms with Gasteiger partial charge in [-0.2, -0.15) is 0 Å². The summed E-state index contributed by atoms with van der Waals surface area (Å²) in [5.41, 5.74) is 12.8. The van der Waals surface area contributed by atoms with Gasteiger partial charge >= 0.3 is 0 Å². The van der Waals surface area contributed by atoms with Crippen LogP contribution in [0.4, 0.5) is 0 Å². The molecular formula is C14H30N6O3. The van der Waals surface area contributed by atoms with E-state index >= 15 is 0 Å². The van der Waals surface area contributed by atoms with E-state index < -0.39 is 11.1 Å². The maximum absolute atomic E-state index is 11.8. The number of carbonyl (C=O) groups is 1. The first-order valence-corrected chi connectivity index (χ1v) is 8.21. The SMILES string of the molecule is CCCCCCCCNC(=O)C(N)CCCN=C(N)N[N+](=O)[O-]. The van der Waals surface area contributed by atoms with Crippen LogP contribution in [0.25, 0.3) is 0 Å². The molecule has 0 aromatic heterocycles. The molecular weight excluding hydrogens is 300 g/mol. The first-order chi connectivity index (χ1) is 11.0. The Bertz CT molecular complexity index is 376. The van der Waals surface area contributed by atoms with Crippen molar-refractivity contribution in [3.8, 4) is 0 Å². The predicted molar refractivity (Wildman–Crippen MR) is 90.2 cm³/mol.